The maximum atomic E-state index is 11.5. The predicted octanol–water partition coefficient (Wildman–Crippen LogP) is 2.80. The van der Waals surface area contributed by atoms with Gasteiger partial charge in [-0.05, 0) is 22.0 Å². The van der Waals surface area contributed by atoms with Crippen molar-refractivity contribution in [3.05, 3.63) is 27.7 Å². The quantitative estimate of drug-likeness (QED) is 0.878. The summed E-state index contributed by atoms with van der Waals surface area (Å²) in [6.45, 7) is 0. The zero-order valence-electron chi connectivity index (χ0n) is 9.73. The second kappa shape index (κ2) is 5.45. The minimum atomic E-state index is -0.460. The van der Waals surface area contributed by atoms with E-state index in [1.165, 1.54) is 24.6 Å². The Balaban J connectivity index is 2.44. The van der Waals surface area contributed by atoms with Gasteiger partial charge in [-0.3, -0.25) is 0 Å². The van der Waals surface area contributed by atoms with Gasteiger partial charge in [0.1, 0.15) is 11.4 Å². The highest BCUT2D eigenvalue weighted by atomic mass is 79.9. The second-order valence-corrected chi connectivity index (χ2v) is 5.15. The van der Waals surface area contributed by atoms with Crippen molar-refractivity contribution in [3.8, 4) is 10.7 Å². The number of hydrogen-bond acceptors (Lipinski definition) is 6. The van der Waals surface area contributed by atoms with Crippen molar-refractivity contribution in [2.45, 2.75) is 0 Å². The number of anilines is 1. The first-order valence-electron chi connectivity index (χ1n) is 5.03. The summed E-state index contributed by atoms with van der Waals surface area (Å²) in [6, 6.07) is 1.93. The van der Waals surface area contributed by atoms with Crippen molar-refractivity contribution in [1.29, 1.82) is 0 Å². The third-order valence-electron chi connectivity index (χ3n) is 2.22. The molecule has 0 radical (unpaired) electrons. The number of carbonyl (C=O) groups is 1. The highest BCUT2D eigenvalue weighted by Crippen LogP contribution is 2.28. The lowest BCUT2D eigenvalue weighted by atomic mass is 10.3. The first kappa shape index (κ1) is 13.0. The summed E-state index contributed by atoms with van der Waals surface area (Å²) in [4.78, 5) is 20.9. The highest BCUT2D eigenvalue weighted by molar-refractivity contribution is 9.10. The van der Waals surface area contributed by atoms with E-state index in [1.807, 2.05) is 11.4 Å². The average molecular weight is 328 g/mol. The average Bonchev–Trinajstić information content (AvgIpc) is 2.83. The van der Waals surface area contributed by atoms with Crippen molar-refractivity contribution >= 4 is 39.1 Å². The van der Waals surface area contributed by atoms with Crippen molar-refractivity contribution in [3.63, 3.8) is 0 Å². The third-order valence-corrected chi connectivity index (χ3v) is 3.91. The Morgan fingerprint density at radius 2 is 2.33 bits per heavy atom. The molecule has 0 saturated carbocycles. The van der Waals surface area contributed by atoms with Crippen LogP contribution >= 0.6 is 27.3 Å². The molecule has 2 rings (SSSR count). The Labute approximate surface area is 116 Å². The fourth-order valence-corrected chi connectivity index (χ4v) is 2.75. The molecule has 18 heavy (non-hydrogen) atoms. The van der Waals surface area contributed by atoms with Crippen molar-refractivity contribution in [1.82, 2.24) is 9.97 Å². The summed E-state index contributed by atoms with van der Waals surface area (Å²) in [5, 5.41) is 4.82. The van der Waals surface area contributed by atoms with Gasteiger partial charge in [-0.2, -0.15) is 0 Å². The molecule has 5 nitrogen and oxygen atoms in total. The molecular formula is C11H10BrN3O2S. The lowest BCUT2D eigenvalue weighted by Crippen LogP contribution is -2.09. The van der Waals surface area contributed by atoms with E-state index in [2.05, 4.69) is 36.0 Å². The van der Waals surface area contributed by atoms with Crippen LogP contribution in [-0.4, -0.2) is 30.1 Å². The number of nitrogens with one attached hydrogen (secondary N) is 1. The van der Waals surface area contributed by atoms with E-state index in [0.29, 0.717) is 17.2 Å². The number of methoxy groups -OCH3 is 1. The predicted molar refractivity (Wildman–Crippen MR) is 73.9 cm³/mol. The summed E-state index contributed by atoms with van der Waals surface area (Å²) < 4.78 is 5.65. The van der Waals surface area contributed by atoms with E-state index in [-0.39, 0.29) is 0 Å². The molecule has 2 heterocycles. The zero-order valence-corrected chi connectivity index (χ0v) is 12.1. The Kier molecular flexibility index (Phi) is 3.93. The molecule has 0 aromatic carbocycles. The van der Waals surface area contributed by atoms with Crippen LogP contribution in [0.25, 0.3) is 10.7 Å². The van der Waals surface area contributed by atoms with Crippen LogP contribution in [0.5, 0.6) is 0 Å². The number of rotatable bonds is 3. The normalized spacial score (nSPS) is 10.2. The number of nitrogens with zero attached hydrogens (tertiary/aromatic N) is 2. The van der Waals surface area contributed by atoms with Gasteiger partial charge in [0.25, 0.3) is 0 Å². The highest BCUT2D eigenvalue weighted by Gasteiger charge is 2.15. The lowest BCUT2D eigenvalue weighted by Gasteiger charge is -2.06. The Morgan fingerprint density at radius 1 is 1.56 bits per heavy atom. The van der Waals surface area contributed by atoms with Crippen LogP contribution in [0.1, 0.15) is 10.4 Å². The van der Waals surface area contributed by atoms with E-state index < -0.39 is 5.97 Å². The monoisotopic (exact) mass is 327 g/mol. The van der Waals surface area contributed by atoms with Crippen LogP contribution in [0, 0.1) is 0 Å². The van der Waals surface area contributed by atoms with Gasteiger partial charge in [-0.1, -0.05) is 0 Å². The molecule has 0 atom stereocenters. The van der Waals surface area contributed by atoms with Crippen LogP contribution in [0.2, 0.25) is 0 Å². The van der Waals surface area contributed by atoms with Crippen LogP contribution in [-0.2, 0) is 4.74 Å². The largest absolute Gasteiger partial charge is 0.465 e. The molecule has 0 saturated heterocycles. The molecule has 0 bridgehead atoms. The molecule has 0 spiro atoms. The van der Waals surface area contributed by atoms with Crippen molar-refractivity contribution < 1.29 is 9.53 Å². The summed E-state index contributed by atoms with van der Waals surface area (Å²) in [5.74, 6) is 0.567. The van der Waals surface area contributed by atoms with Crippen molar-refractivity contribution in [2.75, 3.05) is 19.5 Å². The van der Waals surface area contributed by atoms with Gasteiger partial charge in [0.05, 0.1) is 12.0 Å². The van der Waals surface area contributed by atoms with E-state index in [9.17, 15) is 4.79 Å². The lowest BCUT2D eigenvalue weighted by molar-refractivity contribution is 0.0601. The number of halogens is 1. The summed E-state index contributed by atoms with van der Waals surface area (Å²) in [5.41, 5.74) is 0.319. The molecule has 0 fully saturated rings. The topological polar surface area (TPSA) is 64.1 Å². The maximum absolute atomic E-state index is 11.5. The van der Waals surface area contributed by atoms with Crippen LogP contribution in [0.4, 0.5) is 5.82 Å². The van der Waals surface area contributed by atoms with Crippen LogP contribution in [0.15, 0.2) is 22.1 Å². The third kappa shape index (κ3) is 2.51. The molecule has 7 heteroatoms. The number of ether oxygens (including phenoxy) is 1. The van der Waals surface area contributed by atoms with Gasteiger partial charge in [0, 0.05) is 23.1 Å². The SMILES string of the molecule is CNc1nc(-c2cc(Br)cs2)ncc1C(=O)OC. The van der Waals surface area contributed by atoms with Crippen molar-refractivity contribution in [2.24, 2.45) is 0 Å². The molecule has 0 aliphatic carbocycles. The Bertz CT molecular complexity index is 585. The number of thiophene rings is 1. The maximum Gasteiger partial charge on any atom is 0.343 e. The standard InChI is InChI=1S/C11H10BrN3O2S/c1-13-9-7(11(16)17-2)4-14-10(15-9)8-3-6(12)5-18-8/h3-5H,1-2H3,(H,13,14,15). The first-order chi connectivity index (χ1) is 8.65. The van der Waals surface area contributed by atoms with E-state index in [1.54, 1.807) is 7.05 Å². The van der Waals surface area contributed by atoms with Gasteiger partial charge in [0.15, 0.2) is 5.82 Å². The number of carbonyl (C=O) groups excluding carboxylic acids is 1. The molecule has 2 aromatic heterocycles. The van der Waals surface area contributed by atoms with E-state index >= 15 is 0 Å². The molecule has 94 valence electrons. The Hall–Kier alpha value is -1.47. The number of hydrogen-bond donors (Lipinski definition) is 1. The minimum Gasteiger partial charge on any atom is -0.465 e. The van der Waals surface area contributed by atoms with Gasteiger partial charge in [-0.25, -0.2) is 14.8 Å². The summed E-state index contributed by atoms with van der Waals surface area (Å²) in [7, 11) is 3.02. The van der Waals surface area contributed by atoms with Gasteiger partial charge < -0.3 is 10.1 Å². The fraction of sp³-hybridized carbons (Fsp3) is 0.182. The van der Waals surface area contributed by atoms with Crippen LogP contribution in [0.3, 0.4) is 0 Å². The fourth-order valence-electron chi connectivity index (χ4n) is 1.38. The van der Waals surface area contributed by atoms with Crippen LogP contribution < -0.4 is 5.32 Å². The molecule has 0 amide bonds. The molecule has 0 aliphatic heterocycles. The van der Waals surface area contributed by atoms with Gasteiger partial charge in [0.2, 0.25) is 0 Å². The molecule has 0 aliphatic rings. The molecule has 2 aromatic rings. The van der Waals surface area contributed by atoms with Gasteiger partial charge >= 0.3 is 5.97 Å². The number of aromatic nitrogens is 2. The smallest absolute Gasteiger partial charge is 0.343 e. The zero-order chi connectivity index (χ0) is 13.1. The minimum absolute atomic E-state index is 0.319. The molecule has 0 unspecified atom stereocenters. The van der Waals surface area contributed by atoms with E-state index in [0.717, 1.165) is 9.35 Å². The summed E-state index contributed by atoms with van der Waals surface area (Å²) >= 11 is 4.91. The van der Waals surface area contributed by atoms with Gasteiger partial charge in [-0.15, -0.1) is 11.3 Å². The molecule has 1 N–H and O–H groups in total. The first-order valence-corrected chi connectivity index (χ1v) is 6.70. The summed E-state index contributed by atoms with van der Waals surface area (Å²) in [6.07, 6.45) is 1.47. The Morgan fingerprint density at radius 3 is 2.89 bits per heavy atom. The number of esters is 1. The van der Waals surface area contributed by atoms with E-state index in [4.69, 9.17) is 0 Å². The second-order valence-electron chi connectivity index (χ2n) is 3.33. The molecular weight excluding hydrogens is 318 g/mol.